The molecular formula is C45H50N6O5S. The predicted octanol–water partition coefficient (Wildman–Crippen LogP) is 8.29. The van der Waals surface area contributed by atoms with Crippen molar-refractivity contribution in [3.63, 3.8) is 0 Å². The van der Waals surface area contributed by atoms with Crippen LogP contribution in [0.2, 0.25) is 0 Å². The highest BCUT2D eigenvalue weighted by Gasteiger charge is 2.41. The van der Waals surface area contributed by atoms with Crippen molar-refractivity contribution in [2.75, 3.05) is 25.5 Å². The smallest absolute Gasteiger partial charge is 0.410 e. The third-order valence-corrected chi connectivity index (χ3v) is 12.8. The van der Waals surface area contributed by atoms with Gasteiger partial charge >= 0.3 is 12.1 Å². The molecule has 12 heteroatoms. The molecule has 11 nitrogen and oxygen atoms in total. The predicted molar refractivity (Wildman–Crippen MR) is 221 cm³/mol. The molecule has 0 fully saturated rings. The van der Waals surface area contributed by atoms with E-state index in [-0.39, 0.29) is 23.3 Å². The monoisotopic (exact) mass is 786 g/mol. The second-order valence-corrected chi connectivity index (χ2v) is 18.1. The first-order valence-electron chi connectivity index (χ1n) is 19.8. The quantitative estimate of drug-likeness (QED) is 0.145. The number of hydrogen-bond donors (Lipinski definition) is 2. The second kappa shape index (κ2) is 15.4. The number of anilines is 1. The van der Waals surface area contributed by atoms with Gasteiger partial charge in [0.1, 0.15) is 16.0 Å². The summed E-state index contributed by atoms with van der Waals surface area (Å²) in [4.78, 5) is 29.0. The van der Waals surface area contributed by atoms with Crippen molar-refractivity contribution >= 4 is 27.7 Å². The minimum absolute atomic E-state index is 0.133. The van der Waals surface area contributed by atoms with Gasteiger partial charge in [-0.05, 0) is 98.2 Å². The van der Waals surface area contributed by atoms with E-state index < -0.39 is 33.2 Å². The lowest BCUT2D eigenvalue weighted by molar-refractivity contribution is 0.0232. The summed E-state index contributed by atoms with van der Waals surface area (Å²) in [5.41, 5.74) is 6.04. The molecule has 5 aromatic rings. The Morgan fingerprint density at radius 3 is 1.95 bits per heavy atom. The van der Waals surface area contributed by atoms with Crippen LogP contribution in [0.15, 0.2) is 113 Å². The van der Waals surface area contributed by atoms with Gasteiger partial charge in [-0.25, -0.2) is 23.2 Å². The van der Waals surface area contributed by atoms with Crippen LogP contribution in [0.3, 0.4) is 0 Å². The first-order chi connectivity index (χ1) is 27.4. The molecule has 0 unspecified atom stereocenters. The van der Waals surface area contributed by atoms with Crippen molar-refractivity contribution in [1.29, 1.82) is 0 Å². The van der Waals surface area contributed by atoms with Crippen molar-refractivity contribution in [1.82, 2.24) is 19.4 Å². The van der Waals surface area contributed by atoms with E-state index in [1.54, 1.807) is 11.7 Å². The van der Waals surface area contributed by atoms with E-state index in [1.807, 2.05) is 112 Å². The minimum atomic E-state index is -3.92. The lowest BCUT2D eigenvalue weighted by atomic mass is 9.78. The van der Waals surface area contributed by atoms with Crippen LogP contribution in [0, 0.1) is 5.92 Å². The Hall–Kier alpha value is -5.62. The Labute approximate surface area is 335 Å². The Kier molecular flexibility index (Phi) is 10.3. The molecule has 2 N–H and O–H groups in total. The molecule has 1 aromatic heterocycles. The number of ether oxygens (including phenoxy) is 2. The zero-order valence-electron chi connectivity index (χ0n) is 33.0. The molecule has 0 radical (unpaired) electrons. The number of urea groups is 1. The molecule has 296 valence electrons. The summed E-state index contributed by atoms with van der Waals surface area (Å²) in [7, 11) is -2.23. The van der Waals surface area contributed by atoms with E-state index >= 15 is 4.21 Å². The molecule has 8 rings (SSSR count). The molecule has 57 heavy (non-hydrogen) atoms. The van der Waals surface area contributed by atoms with E-state index in [4.69, 9.17) is 13.8 Å². The van der Waals surface area contributed by atoms with Crippen LogP contribution in [-0.2, 0) is 52.4 Å². The zero-order chi connectivity index (χ0) is 39.8. The Balaban J connectivity index is 1.25. The lowest BCUT2D eigenvalue weighted by Gasteiger charge is -2.33. The first-order valence-corrected chi connectivity index (χ1v) is 21.3. The maximum absolute atomic E-state index is 16.3. The van der Waals surface area contributed by atoms with Crippen LogP contribution >= 0.6 is 0 Å². The van der Waals surface area contributed by atoms with Gasteiger partial charge in [0, 0.05) is 25.2 Å². The van der Waals surface area contributed by atoms with E-state index in [0.29, 0.717) is 13.1 Å². The molecule has 3 aliphatic rings. The topological polar surface area (TPSA) is 127 Å². The number of carbonyl (C=O) groups is 2. The summed E-state index contributed by atoms with van der Waals surface area (Å²) in [6, 6.07) is 30.9. The van der Waals surface area contributed by atoms with Gasteiger partial charge in [-0.1, -0.05) is 97.1 Å². The van der Waals surface area contributed by atoms with Crippen molar-refractivity contribution in [3.05, 3.63) is 142 Å². The summed E-state index contributed by atoms with van der Waals surface area (Å²) in [5.74, 6) is 0.121. The van der Waals surface area contributed by atoms with Crippen LogP contribution in [0.4, 0.5) is 15.3 Å². The highest BCUT2D eigenvalue weighted by Crippen LogP contribution is 2.44. The average Bonchev–Trinajstić information content (AvgIpc) is 3.98. The van der Waals surface area contributed by atoms with Gasteiger partial charge in [0.2, 0.25) is 5.88 Å². The maximum atomic E-state index is 16.3. The van der Waals surface area contributed by atoms with Crippen molar-refractivity contribution in [2.45, 2.75) is 81.9 Å². The van der Waals surface area contributed by atoms with Crippen LogP contribution in [0.1, 0.15) is 72.6 Å². The number of amides is 3. The van der Waals surface area contributed by atoms with E-state index in [2.05, 4.69) is 21.2 Å². The van der Waals surface area contributed by atoms with Gasteiger partial charge in [0.05, 0.1) is 19.3 Å². The van der Waals surface area contributed by atoms with Gasteiger partial charge in [-0.2, -0.15) is 9.46 Å². The van der Waals surface area contributed by atoms with Crippen molar-refractivity contribution in [3.8, 4) is 5.88 Å². The molecule has 2 heterocycles. The molecule has 0 bridgehead atoms. The minimum Gasteiger partial charge on any atom is -0.476 e. The fraction of sp³-hybridized carbons (Fsp3) is 0.356. The number of fused-ring (bicyclic) bond motifs is 3. The number of hydrogen-bond acceptors (Lipinski definition) is 7. The van der Waals surface area contributed by atoms with E-state index in [0.717, 1.165) is 72.0 Å². The van der Waals surface area contributed by atoms with Gasteiger partial charge in [0.25, 0.3) is 0 Å². The number of aryl methyl sites for hydroxylation is 2. The van der Waals surface area contributed by atoms with Gasteiger partial charge in [0.15, 0.2) is 9.92 Å². The largest absolute Gasteiger partial charge is 0.476 e. The summed E-state index contributed by atoms with van der Waals surface area (Å²) in [5, 5.41) is 7.86. The Morgan fingerprint density at radius 2 is 1.42 bits per heavy atom. The van der Waals surface area contributed by atoms with Gasteiger partial charge < -0.3 is 19.7 Å². The highest BCUT2D eigenvalue weighted by molar-refractivity contribution is 7.92. The summed E-state index contributed by atoms with van der Waals surface area (Å²) in [6.07, 6.45) is 6.84. The number of rotatable bonds is 9. The Bertz CT molecular complexity index is 2270. The number of nitrogens with zero attached hydrogens (tertiary/aromatic N) is 4. The first kappa shape index (κ1) is 38.3. The molecule has 0 spiro atoms. The molecule has 1 aliphatic heterocycles. The van der Waals surface area contributed by atoms with E-state index in [9.17, 15) is 9.59 Å². The third kappa shape index (κ3) is 7.62. The number of nitrogens with one attached hydrogen (secondary N) is 2. The number of benzene rings is 4. The van der Waals surface area contributed by atoms with E-state index in [1.165, 1.54) is 22.2 Å². The van der Waals surface area contributed by atoms with Crippen molar-refractivity contribution < 1.29 is 23.3 Å². The Morgan fingerprint density at radius 1 is 0.877 bits per heavy atom. The normalized spacial score (nSPS) is 16.9. The highest BCUT2D eigenvalue weighted by atomic mass is 32.2. The van der Waals surface area contributed by atoms with Crippen LogP contribution in [-0.4, -0.2) is 56.8 Å². The molecule has 4 aromatic carbocycles. The summed E-state index contributed by atoms with van der Waals surface area (Å²) in [6.45, 7) is 6.45. The van der Waals surface area contributed by atoms with Crippen LogP contribution in [0.5, 0.6) is 5.88 Å². The molecule has 0 saturated heterocycles. The van der Waals surface area contributed by atoms with Crippen LogP contribution < -0.4 is 14.8 Å². The molecule has 3 amide bonds. The maximum Gasteiger partial charge on any atom is 0.410 e. The standard InChI is InChI=1S/C45H50N6O5S/c1-44(2,3)56-43(53)50(4)28-31-29-51-41(55-30-31)39(27-46-51)57(54,48-42(52)47-40-37-24-14-16-32(37)26-33-17-15-25-38(33)40)49-45(34-18-8-5-9-19-34,35-20-10-6-11-21-35)36-22-12-7-13-23-36/h5-13,18-23,26-27,31H,14-17,24-25,28-30H2,1-4H3,(H2,47,48,49,52,54)/t31-,57+/m0/s1. The third-order valence-electron chi connectivity index (χ3n) is 11.0. The number of carbonyl (C=O) groups excluding carboxylic acids is 2. The van der Waals surface area contributed by atoms with Gasteiger partial charge in [-0.3, -0.25) is 0 Å². The van der Waals surface area contributed by atoms with Crippen LogP contribution in [0.25, 0.3) is 0 Å². The second-order valence-electron chi connectivity index (χ2n) is 16.2. The molecular weight excluding hydrogens is 737 g/mol. The summed E-state index contributed by atoms with van der Waals surface area (Å²) >= 11 is 0. The van der Waals surface area contributed by atoms with Gasteiger partial charge in [-0.15, -0.1) is 0 Å². The molecule has 2 atom stereocenters. The SMILES string of the molecule is CN(C[C@@H]1COc2c([S@](=O)(=NC(c3ccccc3)(c3ccccc3)c3ccccc3)NC(=O)Nc3c4c(cc5c3CCC5)CCC4)cnn2C1)C(=O)OC(C)(C)C. The number of aromatic nitrogens is 2. The fourth-order valence-electron chi connectivity index (χ4n) is 8.48. The van der Waals surface area contributed by atoms with Crippen molar-refractivity contribution in [2.24, 2.45) is 10.3 Å². The molecule has 0 saturated carbocycles. The lowest BCUT2D eigenvalue weighted by Crippen LogP contribution is -2.41. The zero-order valence-corrected chi connectivity index (χ0v) is 33.8. The fourth-order valence-corrected chi connectivity index (χ4v) is 10.3. The summed E-state index contributed by atoms with van der Waals surface area (Å²) < 4.78 is 38.2. The average molecular weight is 787 g/mol. The molecule has 2 aliphatic carbocycles.